The van der Waals surface area contributed by atoms with Gasteiger partial charge in [0.25, 0.3) is 0 Å². The molecular weight excluding hydrogens is 242 g/mol. The van der Waals surface area contributed by atoms with Crippen molar-refractivity contribution >= 4 is 11.8 Å². The molecule has 0 aromatic rings. The van der Waals surface area contributed by atoms with Crippen LogP contribution < -0.4 is 16.4 Å². The van der Waals surface area contributed by atoms with Crippen LogP contribution in [0.15, 0.2) is 0 Å². The predicted octanol–water partition coefficient (Wildman–Crippen LogP) is 1.07. The fourth-order valence-electron chi connectivity index (χ4n) is 2.52. The molecule has 110 valence electrons. The highest BCUT2D eigenvalue weighted by Gasteiger charge is 2.29. The zero-order valence-corrected chi connectivity index (χ0v) is 12.1. The second-order valence-electron chi connectivity index (χ2n) is 5.92. The summed E-state index contributed by atoms with van der Waals surface area (Å²) in [6.07, 6.45) is 5.99. The fourth-order valence-corrected chi connectivity index (χ4v) is 2.52. The Bertz CT molecular complexity index is 310. The van der Waals surface area contributed by atoms with Crippen LogP contribution in [0.3, 0.4) is 0 Å². The van der Waals surface area contributed by atoms with Crippen molar-refractivity contribution in [2.75, 3.05) is 6.54 Å². The first-order chi connectivity index (χ1) is 8.91. The maximum absolute atomic E-state index is 11.8. The van der Waals surface area contributed by atoms with Gasteiger partial charge < -0.3 is 16.4 Å². The van der Waals surface area contributed by atoms with E-state index in [1.807, 2.05) is 13.8 Å². The number of rotatable bonds is 6. The molecule has 0 heterocycles. The molecule has 0 spiro atoms. The smallest absolute Gasteiger partial charge is 0.221 e. The Labute approximate surface area is 115 Å². The number of carbonyl (C=O) groups excluding carboxylic acids is 2. The van der Waals surface area contributed by atoms with Gasteiger partial charge in [-0.25, -0.2) is 0 Å². The molecule has 0 bridgehead atoms. The Morgan fingerprint density at radius 1 is 1.16 bits per heavy atom. The summed E-state index contributed by atoms with van der Waals surface area (Å²) in [5.41, 5.74) is 5.89. The Hall–Kier alpha value is -1.10. The molecule has 0 aliphatic heterocycles. The van der Waals surface area contributed by atoms with Crippen molar-refractivity contribution in [2.45, 2.75) is 70.4 Å². The summed E-state index contributed by atoms with van der Waals surface area (Å²) in [6, 6.07) is 0.137. The minimum Gasteiger partial charge on any atom is -0.356 e. The van der Waals surface area contributed by atoms with E-state index < -0.39 is 0 Å². The SMILES string of the molecule is CC(C)NC(=O)CCNC(=O)CC1(N)CCCCC1. The number of carbonyl (C=O) groups is 2. The van der Waals surface area contributed by atoms with Crippen LogP contribution in [0.5, 0.6) is 0 Å². The average Bonchev–Trinajstić information content (AvgIpc) is 2.27. The summed E-state index contributed by atoms with van der Waals surface area (Å²) in [4.78, 5) is 23.2. The molecule has 1 fully saturated rings. The lowest BCUT2D eigenvalue weighted by Crippen LogP contribution is -2.46. The van der Waals surface area contributed by atoms with Crippen molar-refractivity contribution in [3.63, 3.8) is 0 Å². The predicted molar refractivity (Wildman–Crippen MR) is 75.5 cm³/mol. The molecule has 0 atom stereocenters. The van der Waals surface area contributed by atoms with Crippen molar-refractivity contribution in [1.29, 1.82) is 0 Å². The van der Waals surface area contributed by atoms with Gasteiger partial charge in [-0.1, -0.05) is 19.3 Å². The molecule has 1 aliphatic carbocycles. The molecule has 5 nitrogen and oxygen atoms in total. The maximum Gasteiger partial charge on any atom is 0.221 e. The van der Waals surface area contributed by atoms with Crippen LogP contribution in [-0.2, 0) is 9.59 Å². The largest absolute Gasteiger partial charge is 0.356 e. The molecule has 0 aromatic carbocycles. The van der Waals surface area contributed by atoms with Crippen LogP contribution in [-0.4, -0.2) is 29.9 Å². The second-order valence-corrected chi connectivity index (χ2v) is 5.92. The van der Waals surface area contributed by atoms with E-state index in [4.69, 9.17) is 5.73 Å². The molecule has 19 heavy (non-hydrogen) atoms. The lowest BCUT2D eigenvalue weighted by molar-refractivity contribution is -0.123. The number of amides is 2. The molecule has 0 radical (unpaired) electrons. The summed E-state index contributed by atoms with van der Waals surface area (Å²) in [6.45, 7) is 4.21. The van der Waals surface area contributed by atoms with Gasteiger partial charge in [-0.3, -0.25) is 9.59 Å². The zero-order valence-electron chi connectivity index (χ0n) is 12.1. The highest BCUT2D eigenvalue weighted by Crippen LogP contribution is 2.28. The van der Waals surface area contributed by atoms with Crippen LogP contribution >= 0.6 is 0 Å². The first-order valence-corrected chi connectivity index (χ1v) is 7.26. The van der Waals surface area contributed by atoms with Gasteiger partial charge in [0.1, 0.15) is 0 Å². The van der Waals surface area contributed by atoms with Gasteiger partial charge in [-0.15, -0.1) is 0 Å². The number of hydrogen-bond donors (Lipinski definition) is 3. The molecule has 0 unspecified atom stereocenters. The van der Waals surface area contributed by atoms with Crippen LogP contribution in [0.2, 0.25) is 0 Å². The second kappa shape index (κ2) is 7.48. The lowest BCUT2D eigenvalue weighted by Gasteiger charge is -2.32. The van der Waals surface area contributed by atoms with E-state index in [9.17, 15) is 9.59 Å². The standard InChI is InChI=1S/C14H27N3O2/c1-11(2)17-12(18)6-9-16-13(19)10-14(15)7-4-3-5-8-14/h11H,3-10,15H2,1-2H3,(H,16,19)(H,17,18). The highest BCUT2D eigenvalue weighted by atomic mass is 16.2. The van der Waals surface area contributed by atoms with Crippen LogP contribution in [0, 0.1) is 0 Å². The Kier molecular flexibility index (Phi) is 6.28. The van der Waals surface area contributed by atoms with Gasteiger partial charge in [-0.2, -0.15) is 0 Å². The molecule has 0 saturated heterocycles. The molecular formula is C14H27N3O2. The van der Waals surface area contributed by atoms with Crippen molar-refractivity contribution in [2.24, 2.45) is 5.73 Å². The third-order valence-electron chi connectivity index (χ3n) is 3.49. The van der Waals surface area contributed by atoms with Crippen molar-refractivity contribution in [1.82, 2.24) is 10.6 Å². The topological polar surface area (TPSA) is 84.2 Å². The fraction of sp³-hybridized carbons (Fsp3) is 0.857. The van der Waals surface area contributed by atoms with Gasteiger partial charge in [0.05, 0.1) is 0 Å². The number of nitrogens with one attached hydrogen (secondary N) is 2. The van der Waals surface area contributed by atoms with Crippen molar-refractivity contribution < 1.29 is 9.59 Å². The lowest BCUT2D eigenvalue weighted by atomic mass is 9.80. The van der Waals surface area contributed by atoms with Gasteiger partial charge in [0, 0.05) is 31.0 Å². The minimum absolute atomic E-state index is 0.0320. The quantitative estimate of drug-likeness (QED) is 0.674. The van der Waals surface area contributed by atoms with E-state index in [2.05, 4.69) is 10.6 Å². The van der Waals surface area contributed by atoms with Crippen molar-refractivity contribution in [3.8, 4) is 0 Å². The van der Waals surface area contributed by atoms with E-state index in [0.717, 1.165) is 25.7 Å². The molecule has 1 aliphatic rings. The third kappa shape index (κ3) is 6.57. The third-order valence-corrected chi connectivity index (χ3v) is 3.49. The Morgan fingerprint density at radius 2 is 1.79 bits per heavy atom. The number of hydrogen-bond acceptors (Lipinski definition) is 3. The summed E-state index contributed by atoms with van der Waals surface area (Å²) in [7, 11) is 0. The Balaban J connectivity index is 2.19. The zero-order chi connectivity index (χ0) is 14.3. The molecule has 5 heteroatoms. The van der Waals surface area contributed by atoms with Gasteiger partial charge >= 0.3 is 0 Å². The van der Waals surface area contributed by atoms with E-state index in [-0.39, 0.29) is 23.4 Å². The summed E-state index contributed by atoms with van der Waals surface area (Å²) in [5.74, 6) is -0.0721. The molecule has 1 saturated carbocycles. The van der Waals surface area contributed by atoms with E-state index in [1.54, 1.807) is 0 Å². The maximum atomic E-state index is 11.8. The monoisotopic (exact) mass is 269 g/mol. The summed E-state index contributed by atoms with van der Waals surface area (Å²) < 4.78 is 0. The molecule has 1 rings (SSSR count). The molecule has 4 N–H and O–H groups in total. The van der Waals surface area contributed by atoms with Crippen molar-refractivity contribution in [3.05, 3.63) is 0 Å². The van der Waals surface area contributed by atoms with E-state index in [0.29, 0.717) is 19.4 Å². The van der Waals surface area contributed by atoms with Gasteiger partial charge in [-0.05, 0) is 26.7 Å². The summed E-state index contributed by atoms with van der Waals surface area (Å²) >= 11 is 0. The van der Waals surface area contributed by atoms with Gasteiger partial charge in [0.2, 0.25) is 11.8 Å². The van der Waals surface area contributed by atoms with E-state index >= 15 is 0 Å². The molecule has 0 aromatic heterocycles. The molecule has 2 amide bonds. The van der Waals surface area contributed by atoms with E-state index in [1.165, 1.54) is 6.42 Å². The average molecular weight is 269 g/mol. The Morgan fingerprint density at radius 3 is 2.37 bits per heavy atom. The highest BCUT2D eigenvalue weighted by molar-refractivity contribution is 5.79. The van der Waals surface area contributed by atoms with Gasteiger partial charge in [0.15, 0.2) is 0 Å². The van der Waals surface area contributed by atoms with Crippen LogP contribution in [0.4, 0.5) is 0 Å². The summed E-state index contributed by atoms with van der Waals surface area (Å²) in [5, 5.41) is 5.57. The minimum atomic E-state index is -0.331. The number of nitrogens with two attached hydrogens (primary N) is 1. The first-order valence-electron chi connectivity index (χ1n) is 7.26. The normalized spacial score (nSPS) is 18.1. The first kappa shape index (κ1) is 16.0. The van der Waals surface area contributed by atoms with Crippen LogP contribution in [0.1, 0.15) is 58.8 Å². The van der Waals surface area contributed by atoms with Crippen LogP contribution in [0.25, 0.3) is 0 Å².